The Morgan fingerprint density at radius 1 is 0.429 bits per heavy atom. The molecule has 8 aromatic carbocycles. The van der Waals surface area contributed by atoms with Crippen molar-refractivity contribution in [3.05, 3.63) is 326 Å². The quantitative estimate of drug-likeness (QED) is 0.0213. The third-order valence-electron chi connectivity index (χ3n) is 22.5. The number of pyridine rings is 3. The van der Waals surface area contributed by atoms with Crippen LogP contribution < -0.4 is 44.2 Å². The number of aromatic nitrogens is 5. The van der Waals surface area contributed by atoms with Gasteiger partial charge in [-0.2, -0.15) is 0 Å². The van der Waals surface area contributed by atoms with Gasteiger partial charge in [0, 0.05) is 105 Å². The van der Waals surface area contributed by atoms with Crippen LogP contribution in [0, 0.1) is 12.7 Å². The van der Waals surface area contributed by atoms with Crippen LogP contribution in [0.15, 0.2) is 243 Å². The molecule has 4 atom stereocenters. The van der Waals surface area contributed by atoms with E-state index in [9.17, 15) is 44.0 Å². The zero-order chi connectivity index (χ0) is 88.9. The van der Waals surface area contributed by atoms with E-state index in [0.29, 0.717) is 93.5 Å². The summed E-state index contributed by atoms with van der Waals surface area (Å²) < 4.78 is 36.5. The molecular weight excluding hydrogens is 1620 g/mol. The first-order valence-corrected chi connectivity index (χ1v) is 42.6. The lowest BCUT2D eigenvalue weighted by atomic mass is 9.90. The molecule has 3 aliphatic heterocycles. The predicted molar refractivity (Wildman–Crippen MR) is 487 cm³/mol. The minimum absolute atomic E-state index is 0.142. The highest BCUT2D eigenvalue weighted by atomic mass is 35.5. The normalized spacial score (nSPS) is 14.5. The van der Waals surface area contributed by atoms with Gasteiger partial charge in [0.1, 0.15) is 34.8 Å². The number of aryl methyl sites for hydroxylation is 1. The third-order valence-corrected chi connectivity index (χ3v) is 22.8. The van der Waals surface area contributed by atoms with Crippen molar-refractivity contribution in [3.8, 4) is 44.6 Å². The Hall–Kier alpha value is -12.7. The molecule has 0 saturated carbocycles. The smallest absolute Gasteiger partial charge is 0.254 e. The van der Waals surface area contributed by atoms with Gasteiger partial charge in [0.05, 0.1) is 85.2 Å². The standard InChI is InChI=1S/C26H29N3O3.C25H26ClN3O3.C25H27N3O3.C23H25FN4O3/c1-17-13-20(23-14-21(15-28-25(23)27)18-9-11-32-12-10-18)7-8-22(17)26(31)29-24(16-30)19-5-3-2-4-6-19;26-22-13-18(21-12-19(14-28-24(21)27)16-8-10-32-11-9-16)6-7-20(22)25(31)29-23(15-30)17-4-2-1-3-5-17;26-24-22(14-21(15-27-24)17-10-12-31-13-11-17)18-6-8-20(9-7-18)25(30)28-23(16-29)19-4-2-1-3-5-19;1-2-31-11-10-17-13-26-22(25)21(27-17)16-8-9-18(19(24)12-16)23(30)28-20(14-29)15-6-4-3-5-7-15/h2-8,13-15,18,24,30H,9-12,16H2,1H3,(H2,27,28)(H,29,31);1-7,12-14,16,23,30H,8-11,15H2,(H2,27,28)(H,29,31);1-9,14-15,17,23,29H,10-13,16H2,(H2,26,27)(H,28,30);3-9,12-13,20,29H,2,10-11,14H2,1H3,(H2,25,26)(H,28,30)/t24-;2*23-;20-/m1111/s1. The molecule has 654 valence electrons. The number of nitrogens with two attached hydrogens (primary N) is 4. The first-order chi connectivity index (χ1) is 61.3. The van der Waals surface area contributed by atoms with Crippen molar-refractivity contribution in [1.82, 2.24) is 46.2 Å². The van der Waals surface area contributed by atoms with Crippen LogP contribution in [0.2, 0.25) is 5.02 Å². The van der Waals surface area contributed by atoms with E-state index < -0.39 is 35.9 Å². The summed E-state index contributed by atoms with van der Waals surface area (Å²) in [5.74, 6) is 0.608. The molecule has 4 aromatic heterocycles. The van der Waals surface area contributed by atoms with Crippen LogP contribution >= 0.6 is 11.6 Å². The number of aliphatic hydroxyl groups excluding tert-OH is 4. The molecule has 126 heavy (non-hydrogen) atoms. The Morgan fingerprint density at radius 3 is 1.17 bits per heavy atom. The number of nitrogen functional groups attached to an aromatic ring is 4. The van der Waals surface area contributed by atoms with E-state index in [1.54, 1.807) is 66.9 Å². The van der Waals surface area contributed by atoms with E-state index >= 15 is 0 Å². The average Bonchev–Trinajstić information content (AvgIpc) is 0.832. The predicted octanol–water partition coefficient (Wildman–Crippen LogP) is 14.9. The number of anilines is 4. The second-order valence-corrected chi connectivity index (χ2v) is 31.2. The molecule has 3 saturated heterocycles. The summed E-state index contributed by atoms with van der Waals surface area (Å²) in [4.78, 5) is 72.8. The second-order valence-electron chi connectivity index (χ2n) is 30.8. The first-order valence-electron chi connectivity index (χ1n) is 42.2. The number of ether oxygens (including phenoxy) is 4. The Kier molecular flexibility index (Phi) is 34.0. The van der Waals surface area contributed by atoms with E-state index in [-0.39, 0.29) is 55.5 Å². The van der Waals surface area contributed by atoms with Crippen molar-refractivity contribution < 1.29 is 62.9 Å². The zero-order valence-electron chi connectivity index (χ0n) is 70.4. The highest BCUT2D eigenvalue weighted by molar-refractivity contribution is 6.34. The first kappa shape index (κ1) is 92.5. The summed E-state index contributed by atoms with van der Waals surface area (Å²) in [6.45, 7) is 8.61. The largest absolute Gasteiger partial charge is 0.394 e. The Bertz CT molecular complexity index is 5410. The van der Waals surface area contributed by atoms with Gasteiger partial charge < -0.3 is 83.6 Å². The van der Waals surface area contributed by atoms with Gasteiger partial charge in [0.2, 0.25) is 0 Å². The molecule has 0 bridgehead atoms. The molecule has 15 rings (SSSR count). The second kappa shape index (κ2) is 46.3. The maximum Gasteiger partial charge on any atom is 0.254 e. The number of halogens is 2. The number of carbonyl (C=O) groups excluding carboxylic acids is 4. The Morgan fingerprint density at radius 2 is 0.778 bits per heavy atom. The lowest BCUT2D eigenvalue weighted by molar-refractivity contribution is 0.0852. The van der Waals surface area contributed by atoms with Crippen molar-refractivity contribution in [3.63, 3.8) is 0 Å². The molecule has 3 fully saturated rings. The molecular formula is C99H107ClFN13O12. The summed E-state index contributed by atoms with van der Waals surface area (Å²) in [6, 6.07) is 63.7. The molecule has 7 heterocycles. The molecule has 3 aliphatic rings. The molecule has 12 aromatic rings. The van der Waals surface area contributed by atoms with E-state index in [1.165, 1.54) is 23.3 Å². The van der Waals surface area contributed by atoms with E-state index in [4.69, 9.17) is 53.5 Å². The van der Waals surface area contributed by atoms with Gasteiger partial charge in [-0.1, -0.05) is 169 Å². The lowest BCUT2D eigenvalue weighted by Gasteiger charge is -2.23. The van der Waals surface area contributed by atoms with Gasteiger partial charge in [-0.25, -0.2) is 29.3 Å². The van der Waals surface area contributed by atoms with Crippen LogP contribution in [0.3, 0.4) is 0 Å². The molecule has 0 aliphatic carbocycles. The van der Waals surface area contributed by atoms with Crippen LogP contribution in [0.1, 0.15) is 179 Å². The molecule has 4 amide bonds. The number of nitrogens with zero attached hydrogens (tertiary/aromatic N) is 5. The van der Waals surface area contributed by atoms with E-state index in [1.807, 2.05) is 160 Å². The highest BCUT2D eigenvalue weighted by Crippen LogP contribution is 2.38. The van der Waals surface area contributed by atoms with Crippen molar-refractivity contribution in [2.45, 2.75) is 101 Å². The summed E-state index contributed by atoms with van der Waals surface area (Å²) in [5, 5.41) is 50.4. The molecule has 0 spiro atoms. The van der Waals surface area contributed by atoms with Gasteiger partial charge in [0.25, 0.3) is 23.6 Å². The lowest BCUT2D eigenvalue weighted by Crippen LogP contribution is -2.31. The van der Waals surface area contributed by atoms with Gasteiger partial charge in [0.15, 0.2) is 0 Å². The maximum absolute atomic E-state index is 14.8. The van der Waals surface area contributed by atoms with Gasteiger partial charge in [-0.3, -0.25) is 19.2 Å². The van der Waals surface area contributed by atoms with Crippen molar-refractivity contribution >= 4 is 58.5 Å². The van der Waals surface area contributed by atoms with E-state index in [0.717, 1.165) is 145 Å². The van der Waals surface area contributed by atoms with Gasteiger partial charge in [-0.05, 0) is 192 Å². The molecule has 0 radical (unpaired) electrons. The van der Waals surface area contributed by atoms with Crippen LogP contribution in [-0.2, 0) is 25.4 Å². The minimum Gasteiger partial charge on any atom is -0.394 e. The fraction of sp³-hybridized carbons (Fsp3) is 0.283. The number of hydrogen-bond acceptors (Lipinski definition) is 21. The fourth-order valence-electron chi connectivity index (χ4n) is 15.2. The maximum atomic E-state index is 14.8. The van der Waals surface area contributed by atoms with Crippen molar-refractivity contribution in [2.24, 2.45) is 0 Å². The highest BCUT2D eigenvalue weighted by Gasteiger charge is 2.27. The average molecular weight is 1730 g/mol. The number of benzene rings is 8. The number of rotatable bonds is 27. The van der Waals surface area contributed by atoms with Crippen LogP contribution in [0.5, 0.6) is 0 Å². The summed E-state index contributed by atoms with van der Waals surface area (Å²) in [7, 11) is 0. The third kappa shape index (κ3) is 24.9. The Labute approximate surface area is 737 Å². The number of aliphatic hydroxyl groups is 4. The molecule has 27 heteroatoms. The topological polar surface area (TPSA) is 403 Å². The SMILES string of the molecule is CCOCCc1cnc(N)c(-c2ccc(C(=O)N[C@H](CO)c3ccccc3)c(F)c2)n1.Cc1cc(-c2cc(C3CCOCC3)cnc2N)ccc1C(=O)N[C@H](CO)c1ccccc1.Nc1ncc(C2CCOCC2)cc1-c1ccc(C(=O)N[C@H](CO)c2ccccc2)c(Cl)c1.Nc1ncc(C2CCOCC2)cc1-c1ccc(C(=O)N[C@H](CO)c2ccccc2)cc1. The minimum atomic E-state index is -0.722. The van der Waals surface area contributed by atoms with E-state index in [2.05, 4.69) is 64.4 Å². The molecule has 16 N–H and O–H groups in total. The number of carbonyl (C=O) groups is 4. The molecule has 25 nitrogen and oxygen atoms in total. The summed E-state index contributed by atoms with van der Waals surface area (Å²) >= 11 is 6.49. The van der Waals surface area contributed by atoms with Crippen molar-refractivity contribution in [1.29, 1.82) is 0 Å². The van der Waals surface area contributed by atoms with Crippen LogP contribution in [-0.4, -0.2) is 148 Å². The Balaban J connectivity index is 0.000000153. The number of hydrogen-bond donors (Lipinski definition) is 12. The number of amides is 4. The monoisotopic (exact) mass is 1720 g/mol. The zero-order valence-corrected chi connectivity index (χ0v) is 71.2. The van der Waals surface area contributed by atoms with Gasteiger partial charge >= 0.3 is 0 Å². The fourth-order valence-corrected chi connectivity index (χ4v) is 15.5. The number of nitrogens with one attached hydrogen (secondary N) is 4. The van der Waals surface area contributed by atoms with Gasteiger partial charge in [-0.15, -0.1) is 0 Å². The van der Waals surface area contributed by atoms with Crippen LogP contribution in [0.25, 0.3) is 44.6 Å². The summed E-state index contributed by atoms with van der Waals surface area (Å²) in [5.41, 5.74) is 39.9. The van der Waals surface area contributed by atoms with Crippen LogP contribution in [0.4, 0.5) is 27.7 Å². The van der Waals surface area contributed by atoms with Crippen molar-refractivity contribution in [2.75, 3.05) is 102 Å². The molecule has 0 unspecified atom stereocenters. The summed E-state index contributed by atoms with van der Waals surface area (Å²) in [6.07, 6.45) is 13.5.